The Morgan fingerprint density at radius 2 is 2.67 bits per heavy atom. The van der Waals surface area contributed by atoms with E-state index in [0.29, 0.717) is 13.2 Å². The molecule has 1 heterocycles. The van der Waals surface area contributed by atoms with Crippen LogP contribution in [0.4, 0.5) is 0 Å². The second kappa shape index (κ2) is 2.68. The van der Waals surface area contributed by atoms with Gasteiger partial charge < -0.3 is 15.2 Å². The van der Waals surface area contributed by atoms with Gasteiger partial charge in [0.1, 0.15) is 12.7 Å². The number of amidine groups is 1. The van der Waals surface area contributed by atoms with Gasteiger partial charge in [0, 0.05) is 7.11 Å². The summed E-state index contributed by atoms with van der Waals surface area (Å²) in [6.45, 7) is 1.13. The van der Waals surface area contributed by atoms with E-state index in [4.69, 9.17) is 15.2 Å². The lowest BCUT2D eigenvalue weighted by Crippen LogP contribution is -2.32. The Morgan fingerprint density at radius 1 is 1.89 bits per heavy atom. The molecule has 4 nitrogen and oxygen atoms in total. The van der Waals surface area contributed by atoms with E-state index in [1.54, 1.807) is 7.11 Å². The van der Waals surface area contributed by atoms with Gasteiger partial charge in [0.05, 0.1) is 6.54 Å². The van der Waals surface area contributed by atoms with Gasteiger partial charge in [-0.25, -0.2) is 4.99 Å². The summed E-state index contributed by atoms with van der Waals surface area (Å²) in [5.41, 5.74) is 5.22. The minimum Gasteiger partial charge on any atom is -0.463 e. The average Bonchev–Trinajstić information content (AvgIpc) is 1.90. The predicted octanol–water partition coefficient (Wildman–Crippen LogP) is -0.654. The van der Waals surface area contributed by atoms with Gasteiger partial charge in [-0.15, -0.1) is 0 Å². The van der Waals surface area contributed by atoms with Gasteiger partial charge in [0.25, 0.3) is 6.02 Å². The molecule has 1 unspecified atom stereocenters. The van der Waals surface area contributed by atoms with Gasteiger partial charge in [-0.1, -0.05) is 0 Å². The maximum Gasteiger partial charge on any atom is 0.282 e. The molecule has 0 aliphatic carbocycles. The van der Waals surface area contributed by atoms with Gasteiger partial charge in [-0.05, 0) is 0 Å². The molecule has 0 fully saturated rings. The lowest BCUT2D eigenvalue weighted by Gasteiger charge is -2.17. The van der Waals surface area contributed by atoms with Crippen molar-refractivity contribution in [2.75, 3.05) is 20.3 Å². The van der Waals surface area contributed by atoms with Crippen LogP contribution in [0.2, 0.25) is 0 Å². The highest BCUT2D eigenvalue weighted by Crippen LogP contribution is 1.97. The molecule has 1 rings (SSSR count). The van der Waals surface area contributed by atoms with Crippen molar-refractivity contribution in [3.05, 3.63) is 0 Å². The number of methoxy groups -OCH3 is 1. The zero-order valence-corrected chi connectivity index (χ0v) is 5.33. The minimum absolute atomic E-state index is 0.0808. The van der Waals surface area contributed by atoms with Crippen molar-refractivity contribution < 1.29 is 9.47 Å². The Bertz CT molecular complexity index is 124. The second-order valence-electron chi connectivity index (χ2n) is 1.85. The van der Waals surface area contributed by atoms with E-state index in [2.05, 4.69) is 4.99 Å². The Labute approximate surface area is 53.7 Å². The molecule has 0 aromatic heterocycles. The van der Waals surface area contributed by atoms with Crippen LogP contribution in [0.15, 0.2) is 4.99 Å². The van der Waals surface area contributed by atoms with Crippen molar-refractivity contribution in [2.24, 2.45) is 10.7 Å². The molecule has 0 saturated carbocycles. The van der Waals surface area contributed by atoms with Gasteiger partial charge >= 0.3 is 0 Å². The fourth-order valence-electron chi connectivity index (χ4n) is 0.611. The quantitative estimate of drug-likeness (QED) is 0.513. The van der Waals surface area contributed by atoms with Crippen molar-refractivity contribution >= 4 is 6.02 Å². The van der Waals surface area contributed by atoms with Gasteiger partial charge in [0.15, 0.2) is 0 Å². The third-order valence-electron chi connectivity index (χ3n) is 1.20. The molecule has 0 saturated heterocycles. The van der Waals surface area contributed by atoms with Crippen LogP contribution >= 0.6 is 0 Å². The first-order chi connectivity index (χ1) is 4.33. The van der Waals surface area contributed by atoms with Crippen molar-refractivity contribution in [3.8, 4) is 0 Å². The Hall–Kier alpha value is -0.770. The molecule has 0 aromatic rings. The SMILES string of the molecule is COC1CN=C(N)OC1. The monoisotopic (exact) mass is 130 g/mol. The van der Waals surface area contributed by atoms with E-state index in [0.717, 1.165) is 0 Å². The molecule has 0 aromatic carbocycles. The van der Waals surface area contributed by atoms with Crippen LogP contribution in [0.5, 0.6) is 0 Å². The maximum absolute atomic E-state index is 5.22. The molecule has 1 atom stereocenters. The molecule has 9 heavy (non-hydrogen) atoms. The summed E-state index contributed by atoms with van der Waals surface area (Å²) in [7, 11) is 1.63. The van der Waals surface area contributed by atoms with Crippen LogP contribution in [0.1, 0.15) is 0 Å². The summed E-state index contributed by atoms with van der Waals surface area (Å²) in [4.78, 5) is 3.83. The molecular formula is C5H10N2O2. The highest BCUT2D eigenvalue weighted by atomic mass is 16.5. The number of rotatable bonds is 1. The lowest BCUT2D eigenvalue weighted by atomic mass is 10.4. The van der Waals surface area contributed by atoms with E-state index < -0.39 is 0 Å². The number of ether oxygens (including phenoxy) is 2. The Kier molecular flexibility index (Phi) is 1.89. The number of hydrogen-bond acceptors (Lipinski definition) is 4. The number of nitrogens with two attached hydrogens (primary N) is 1. The number of aliphatic imine (C=N–C) groups is 1. The summed E-state index contributed by atoms with van der Waals surface area (Å²) >= 11 is 0. The third-order valence-corrected chi connectivity index (χ3v) is 1.20. The summed E-state index contributed by atoms with van der Waals surface area (Å²) < 4.78 is 9.84. The fourth-order valence-corrected chi connectivity index (χ4v) is 0.611. The summed E-state index contributed by atoms with van der Waals surface area (Å²) in [5.74, 6) is 0. The fraction of sp³-hybridized carbons (Fsp3) is 0.800. The maximum atomic E-state index is 5.22. The number of hydrogen-bond donors (Lipinski definition) is 1. The highest BCUT2D eigenvalue weighted by molar-refractivity contribution is 5.71. The highest BCUT2D eigenvalue weighted by Gasteiger charge is 2.12. The molecule has 0 radical (unpaired) electrons. The summed E-state index contributed by atoms with van der Waals surface area (Å²) in [5, 5.41) is 0. The first-order valence-corrected chi connectivity index (χ1v) is 2.78. The van der Waals surface area contributed by atoms with E-state index in [-0.39, 0.29) is 12.1 Å². The Balaban J connectivity index is 2.36. The molecule has 4 heteroatoms. The molecule has 52 valence electrons. The number of nitrogens with zero attached hydrogens (tertiary/aromatic N) is 1. The molecule has 1 aliphatic heterocycles. The minimum atomic E-state index is 0.0808. The molecule has 0 bridgehead atoms. The summed E-state index contributed by atoms with van der Waals surface area (Å²) in [6, 6.07) is 0.267. The smallest absolute Gasteiger partial charge is 0.282 e. The topological polar surface area (TPSA) is 56.8 Å². The van der Waals surface area contributed by atoms with E-state index >= 15 is 0 Å². The first-order valence-electron chi connectivity index (χ1n) is 2.78. The van der Waals surface area contributed by atoms with Gasteiger partial charge in [-0.2, -0.15) is 0 Å². The largest absolute Gasteiger partial charge is 0.463 e. The molecule has 0 spiro atoms. The average molecular weight is 130 g/mol. The van der Waals surface area contributed by atoms with Crippen molar-refractivity contribution in [3.63, 3.8) is 0 Å². The predicted molar refractivity (Wildman–Crippen MR) is 33.2 cm³/mol. The molecule has 0 amide bonds. The van der Waals surface area contributed by atoms with E-state index in [9.17, 15) is 0 Å². The van der Waals surface area contributed by atoms with E-state index in [1.807, 2.05) is 0 Å². The molecule has 1 aliphatic rings. The van der Waals surface area contributed by atoms with Gasteiger partial charge in [0.2, 0.25) is 0 Å². The second-order valence-corrected chi connectivity index (χ2v) is 1.85. The normalized spacial score (nSPS) is 26.8. The molecule has 2 N–H and O–H groups in total. The van der Waals surface area contributed by atoms with Crippen LogP contribution in [0.25, 0.3) is 0 Å². The van der Waals surface area contributed by atoms with Crippen LogP contribution in [0, 0.1) is 0 Å². The van der Waals surface area contributed by atoms with Crippen LogP contribution in [0.3, 0.4) is 0 Å². The van der Waals surface area contributed by atoms with Crippen molar-refractivity contribution in [2.45, 2.75) is 6.10 Å². The third kappa shape index (κ3) is 1.57. The van der Waals surface area contributed by atoms with Crippen LogP contribution in [-0.4, -0.2) is 32.4 Å². The van der Waals surface area contributed by atoms with Crippen LogP contribution < -0.4 is 5.73 Å². The molecular weight excluding hydrogens is 120 g/mol. The lowest BCUT2D eigenvalue weighted by molar-refractivity contribution is 0.0493. The van der Waals surface area contributed by atoms with Crippen molar-refractivity contribution in [1.29, 1.82) is 0 Å². The first kappa shape index (κ1) is 6.35. The Morgan fingerprint density at radius 3 is 3.11 bits per heavy atom. The standard InChI is InChI=1S/C5H10N2O2/c1-8-4-2-7-5(6)9-3-4/h4H,2-3H2,1H3,(H2,6,7). The van der Waals surface area contributed by atoms with Gasteiger partial charge in [-0.3, -0.25) is 0 Å². The van der Waals surface area contributed by atoms with Crippen LogP contribution in [-0.2, 0) is 9.47 Å². The zero-order chi connectivity index (χ0) is 6.69. The van der Waals surface area contributed by atoms with Crippen molar-refractivity contribution in [1.82, 2.24) is 0 Å². The zero-order valence-electron chi connectivity index (χ0n) is 5.33. The van der Waals surface area contributed by atoms with E-state index in [1.165, 1.54) is 0 Å². The summed E-state index contributed by atoms with van der Waals surface area (Å²) in [6.07, 6.45) is 0.0808.